The van der Waals surface area contributed by atoms with Gasteiger partial charge in [-0.05, 0) is 28.1 Å². The predicted molar refractivity (Wildman–Crippen MR) is 48.9 cm³/mol. The van der Waals surface area contributed by atoms with Crippen LogP contribution in [0.15, 0.2) is 16.6 Å². The number of alkyl halides is 3. The van der Waals surface area contributed by atoms with E-state index in [1.807, 2.05) is 0 Å². The molecule has 0 amide bonds. The zero-order chi connectivity index (χ0) is 10.9. The highest BCUT2D eigenvalue weighted by Crippen LogP contribution is 2.40. The van der Waals surface area contributed by atoms with Crippen LogP contribution in [0.2, 0.25) is 5.02 Å². The van der Waals surface area contributed by atoms with E-state index < -0.39 is 22.3 Å². The first kappa shape index (κ1) is 11.3. The molecule has 14 heavy (non-hydrogen) atoms. The Kier molecular flexibility index (Phi) is 3.07. The van der Waals surface area contributed by atoms with Gasteiger partial charge in [-0.15, -0.1) is 0 Å². The second-order valence-electron chi connectivity index (χ2n) is 2.39. The average Bonchev–Trinajstić information content (AvgIpc) is 2.07. The number of nitriles is 1. The lowest BCUT2D eigenvalue weighted by Gasteiger charge is -2.11. The Hall–Kier alpha value is -0.730. The molecule has 1 aromatic carbocycles. The molecule has 0 atom stereocenters. The minimum Gasteiger partial charge on any atom is -0.192 e. The van der Waals surface area contributed by atoms with Crippen molar-refractivity contribution in [3.05, 3.63) is 32.8 Å². The molecule has 74 valence electrons. The molecule has 1 rings (SSSR count). The fourth-order valence-electron chi connectivity index (χ4n) is 0.921. The molecule has 0 aromatic heterocycles. The second kappa shape index (κ2) is 3.79. The van der Waals surface area contributed by atoms with Crippen LogP contribution in [0.1, 0.15) is 11.1 Å². The lowest BCUT2D eigenvalue weighted by atomic mass is 10.1. The summed E-state index contributed by atoms with van der Waals surface area (Å²) in [6.45, 7) is 0. The highest BCUT2D eigenvalue weighted by molar-refractivity contribution is 9.10. The predicted octanol–water partition coefficient (Wildman–Crippen LogP) is 3.99. The van der Waals surface area contributed by atoms with Crippen molar-refractivity contribution in [2.75, 3.05) is 0 Å². The van der Waals surface area contributed by atoms with Gasteiger partial charge < -0.3 is 0 Å². The maximum Gasteiger partial charge on any atom is 0.419 e. The molecule has 0 heterocycles. The third-order valence-electron chi connectivity index (χ3n) is 1.50. The first-order chi connectivity index (χ1) is 6.38. The van der Waals surface area contributed by atoms with E-state index in [4.69, 9.17) is 16.9 Å². The van der Waals surface area contributed by atoms with Gasteiger partial charge >= 0.3 is 6.18 Å². The van der Waals surface area contributed by atoms with E-state index in [9.17, 15) is 13.2 Å². The molecule has 1 nitrogen and oxygen atoms in total. The molecule has 0 aliphatic heterocycles. The van der Waals surface area contributed by atoms with Gasteiger partial charge in [-0.2, -0.15) is 18.4 Å². The molecular weight excluding hydrogens is 282 g/mol. The molecule has 0 saturated heterocycles. The summed E-state index contributed by atoms with van der Waals surface area (Å²) >= 11 is 8.30. The van der Waals surface area contributed by atoms with Gasteiger partial charge in [0.25, 0.3) is 0 Å². The normalized spacial score (nSPS) is 11.1. The number of hydrogen-bond acceptors (Lipinski definition) is 1. The minimum atomic E-state index is -4.62. The Morgan fingerprint density at radius 2 is 1.93 bits per heavy atom. The van der Waals surface area contributed by atoms with Crippen LogP contribution in [0.3, 0.4) is 0 Å². The Morgan fingerprint density at radius 3 is 2.36 bits per heavy atom. The zero-order valence-electron chi connectivity index (χ0n) is 6.49. The number of rotatable bonds is 0. The van der Waals surface area contributed by atoms with E-state index in [1.165, 1.54) is 12.1 Å². The average molecular weight is 284 g/mol. The van der Waals surface area contributed by atoms with Crippen molar-refractivity contribution in [1.29, 1.82) is 5.26 Å². The molecule has 0 saturated carbocycles. The van der Waals surface area contributed by atoms with E-state index in [0.717, 1.165) is 6.07 Å². The van der Waals surface area contributed by atoms with Crippen molar-refractivity contribution in [2.24, 2.45) is 0 Å². The third kappa shape index (κ3) is 2.02. The first-order valence-corrected chi connectivity index (χ1v) is 4.50. The van der Waals surface area contributed by atoms with E-state index in [-0.39, 0.29) is 4.47 Å². The maximum absolute atomic E-state index is 12.4. The summed E-state index contributed by atoms with van der Waals surface area (Å²) in [5.41, 5.74) is -1.58. The van der Waals surface area contributed by atoms with Crippen LogP contribution in [0.5, 0.6) is 0 Å². The van der Waals surface area contributed by atoms with Gasteiger partial charge in [-0.1, -0.05) is 11.6 Å². The van der Waals surface area contributed by atoms with Crippen molar-refractivity contribution in [1.82, 2.24) is 0 Å². The highest BCUT2D eigenvalue weighted by Gasteiger charge is 2.36. The van der Waals surface area contributed by atoms with Crippen LogP contribution in [0.4, 0.5) is 13.2 Å². The molecule has 0 N–H and O–H groups in total. The second-order valence-corrected chi connectivity index (χ2v) is 3.63. The molecule has 0 bridgehead atoms. The van der Waals surface area contributed by atoms with E-state index in [1.54, 1.807) is 0 Å². The fraction of sp³-hybridized carbons (Fsp3) is 0.125. The van der Waals surface area contributed by atoms with Crippen molar-refractivity contribution < 1.29 is 13.2 Å². The van der Waals surface area contributed by atoms with Crippen LogP contribution in [0.25, 0.3) is 0 Å². The van der Waals surface area contributed by atoms with E-state index in [0.29, 0.717) is 0 Å². The standard InChI is InChI=1S/C8H2BrClF3N/c9-5-2-1-4(3-14)6(7(5)10)8(11,12)13/h1-2H. The smallest absolute Gasteiger partial charge is 0.192 e. The quantitative estimate of drug-likeness (QED) is 0.706. The van der Waals surface area contributed by atoms with Gasteiger partial charge in [0.2, 0.25) is 0 Å². The monoisotopic (exact) mass is 283 g/mol. The Balaban J connectivity index is 3.54. The summed E-state index contributed by atoms with van der Waals surface area (Å²) in [7, 11) is 0. The number of halogens is 5. The SMILES string of the molecule is N#Cc1ccc(Br)c(Cl)c1C(F)(F)F. The van der Waals surface area contributed by atoms with Crippen LogP contribution in [0, 0.1) is 11.3 Å². The van der Waals surface area contributed by atoms with E-state index in [2.05, 4.69) is 15.9 Å². The van der Waals surface area contributed by atoms with Gasteiger partial charge in [0.05, 0.1) is 22.2 Å². The molecule has 0 radical (unpaired) electrons. The summed E-state index contributed by atoms with van der Waals surface area (Å²) < 4.78 is 37.4. The molecule has 0 aliphatic carbocycles. The Bertz CT molecular complexity index is 408. The minimum absolute atomic E-state index is 0.116. The lowest BCUT2D eigenvalue weighted by Crippen LogP contribution is -2.09. The van der Waals surface area contributed by atoms with Crippen molar-refractivity contribution in [2.45, 2.75) is 6.18 Å². The first-order valence-electron chi connectivity index (χ1n) is 3.33. The van der Waals surface area contributed by atoms with Crippen molar-refractivity contribution in [3.63, 3.8) is 0 Å². The topological polar surface area (TPSA) is 23.8 Å². The van der Waals surface area contributed by atoms with Crippen molar-refractivity contribution in [3.8, 4) is 6.07 Å². The Labute approximate surface area is 91.2 Å². The van der Waals surface area contributed by atoms with Crippen LogP contribution in [-0.2, 0) is 6.18 Å². The molecule has 0 fully saturated rings. The molecule has 0 spiro atoms. The summed E-state index contributed by atoms with van der Waals surface area (Å²) in [4.78, 5) is 0. The molecule has 1 aromatic rings. The number of nitrogens with zero attached hydrogens (tertiary/aromatic N) is 1. The van der Waals surface area contributed by atoms with Gasteiger partial charge in [0.1, 0.15) is 0 Å². The van der Waals surface area contributed by atoms with Gasteiger partial charge in [-0.25, -0.2) is 0 Å². The summed E-state index contributed by atoms with van der Waals surface area (Å²) in [5, 5.41) is 7.98. The van der Waals surface area contributed by atoms with Crippen LogP contribution >= 0.6 is 27.5 Å². The molecular formula is C8H2BrClF3N. The van der Waals surface area contributed by atoms with Gasteiger partial charge in [-0.3, -0.25) is 0 Å². The van der Waals surface area contributed by atoms with Crippen LogP contribution in [-0.4, -0.2) is 0 Å². The zero-order valence-corrected chi connectivity index (χ0v) is 8.83. The van der Waals surface area contributed by atoms with Crippen molar-refractivity contribution >= 4 is 27.5 Å². The maximum atomic E-state index is 12.4. The molecule has 0 unspecified atom stereocenters. The lowest BCUT2D eigenvalue weighted by molar-refractivity contribution is -0.137. The van der Waals surface area contributed by atoms with Gasteiger partial charge in [0.15, 0.2) is 0 Å². The number of hydrogen-bond donors (Lipinski definition) is 0. The van der Waals surface area contributed by atoms with Crippen LogP contribution < -0.4 is 0 Å². The summed E-state index contributed by atoms with van der Waals surface area (Å²) in [6, 6.07) is 3.81. The summed E-state index contributed by atoms with van der Waals surface area (Å²) in [6.07, 6.45) is -4.62. The largest absolute Gasteiger partial charge is 0.419 e. The van der Waals surface area contributed by atoms with E-state index >= 15 is 0 Å². The molecule has 6 heteroatoms. The summed E-state index contributed by atoms with van der Waals surface area (Å²) in [5.74, 6) is 0. The van der Waals surface area contributed by atoms with Gasteiger partial charge in [0, 0.05) is 4.47 Å². The fourth-order valence-corrected chi connectivity index (χ4v) is 1.52. The third-order valence-corrected chi connectivity index (χ3v) is 2.78. The molecule has 0 aliphatic rings. The number of benzene rings is 1. The Morgan fingerprint density at radius 1 is 1.36 bits per heavy atom. The highest BCUT2D eigenvalue weighted by atomic mass is 79.9.